The second kappa shape index (κ2) is 6.61. The molecule has 0 amide bonds. The molecule has 0 aliphatic carbocycles. The Hall–Kier alpha value is -0.820. The van der Waals surface area contributed by atoms with Gasteiger partial charge in [0.1, 0.15) is 0 Å². The summed E-state index contributed by atoms with van der Waals surface area (Å²) in [5.74, 6) is 0. The van der Waals surface area contributed by atoms with E-state index in [1.807, 2.05) is 18.2 Å². The van der Waals surface area contributed by atoms with Gasteiger partial charge in [-0.05, 0) is 24.8 Å². The fourth-order valence-corrected chi connectivity index (χ4v) is 1.56. The molecule has 0 saturated carbocycles. The van der Waals surface area contributed by atoms with Gasteiger partial charge in [-0.15, -0.1) is 0 Å². The van der Waals surface area contributed by atoms with Crippen LogP contribution in [0.25, 0.3) is 0 Å². The van der Waals surface area contributed by atoms with Crippen molar-refractivity contribution in [3.05, 3.63) is 35.9 Å². The fraction of sp³-hybridized carbons (Fsp3) is 0.538. The zero-order valence-corrected chi connectivity index (χ0v) is 8.95. The van der Waals surface area contributed by atoms with Crippen LogP contribution in [0.4, 0.5) is 0 Å². The molecule has 78 valence electrons. The molecule has 1 rings (SSSR count). The first-order chi connectivity index (χ1) is 6.83. The molecule has 1 heteroatoms. The number of benzene rings is 1. The summed E-state index contributed by atoms with van der Waals surface area (Å²) in [6.45, 7) is 2.16. The summed E-state index contributed by atoms with van der Waals surface area (Å²) in [6.07, 6.45) is 5.02. The van der Waals surface area contributed by atoms with Gasteiger partial charge in [0.25, 0.3) is 0 Å². The van der Waals surface area contributed by atoms with Crippen LogP contribution in [-0.2, 0) is 6.42 Å². The summed E-state index contributed by atoms with van der Waals surface area (Å²) >= 11 is 0. The Balaban J connectivity index is 2.20. The molecule has 0 spiro atoms. The first-order valence-electron chi connectivity index (χ1n) is 5.55. The Morgan fingerprint density at radius 3 is 2.50 bits per heavy atom. The Kier molecular flexibility index (Phi) is 5.31. The third kappa shape index (κ3) is 4.43. The normalized spacial score (nSPS) is 12.7. The van der Waals surface area contributed by atoms with E-state index in [-0.39, 0.29) is 6.10 Å². The van der Waals surface area contributed by atoms with Gasteiger partial charge >= 0.3 is 0 Å². The maximum atomic E-state index is 9.64. The van der Waals surface area contributed by atoms with Crippen molar-refractivity contribution in [1.82, 2.24) is 0 Å². The SMILES string of the molecule is CCCCC([18OH])CCc1ccccc1. The Morgan fingerprint density at radius 1 is 1.14 bits per heavy atom. The van der Waals surface area contributed by atoms with Crippen LogP contribution in [0, 0.1) is 0 Å². The highest BCUT2D eigenvalue weighted by atomic mass is 18.2. The van der Waals surface area contributed by atoms with Crippen LogP contribution in [0.2, 0.25) is 0 Å². The zero-order chi connectivity index (χ0) is 10.2. The summed E-state index contributed by atoms with van der Waals surface area (Å²) < 4.78 is 0. The first kappa shape index (κ1) is 11.3. The molecule has 0 aliphatic heterocycles. The lowest BCUT2D eigenvalue weighted by Crippen LogP contribution is -2.07. The van der Waals surface area contributed by atoms with E-state index in [9.17, 15) is 5.11 Å². The lowest BCUT2D eigenvalue weighted by atomic mass is 10.0. The van der Waals surface area contributed by atoms with E-state index in [4.69, 9.17) is 0 Å². The van der Waals surface area contributed by atoms with E-state index in [1.165, 1.54) is 12.0 Å². The van der Waals surface area contributed by atoms with Crippen LogP contribution in [0.3, 0.4) is 0 Å². The van der Waals surface area contributed by atoms with Crippen molar-refractivity contribution in [3.63, 3.8) is 0 Å². The minimum absolute atomic E-state index is 0.116. The molecule has 0 aliphatic rings. The van der Waals surface area contributed by atoms with Crippen LogP contribution in [0.1, 0.15) is 38.2 Å². The number of aryl methyl sites for hydroxylation is 1. The summed E-state index contributed by atoms with van der Waals surface area (Å²) in [7, 11) is 0. The Labute approximate surface area is 86.8 Å². The highest BCUT2D eigenvalue weighted by molar-refractivity contribution is 5.14. The summed E-state index contributed by atoms with van der Waals surface area (Å²) in [5.41, 5.74) is 1.32. The van der Waals surface area contributed by atoms with Crippen LogP contribution in [0.5, 0.6) is 0 Å². The van der Waals surface area contributed by atoms with E-state index in [0.717, 1.165) is 25.7 Å². The summed E-state index contributed by atoms with van der Waals surface area (Å²) in [4.78, 5) is 0. The molecule has 1 atom stereocenters. The molecule has 1 aromatic rings. The van der Waals surface area contributed by atoms with Crippen LogP contribution >= 0.6 is 0 Å². The van der Waals surface area contributed by atoms with Gasteiger partial charge in [0.15, 0.2) is 0 Å². The maximum absolute atomic E-state index is 9.64. The number of aliphatic hydroxyl groups is 1. The monoisotopic (exact) mass is 194 g/mol. The third-order valence-electron chi connectivity index (χ3n) is 2.50. The maximum Gasteiger partial charge on any atom is 0.0543 e. The van der Waals surface area contributed by atoms with Crippen molar-refractivity contribution in [2.45, 2.75) is 45.1 Å². The topological polar surface area (TPSA) is 20.2 Å². The van der Waals surface area contributed by atoms with Crippen molar-refractivity contribution >= 4 is 0 Å². The van der Waals surface area contributed by atoms with Gasteiger partial charge in [-0.2, -0.15) is 0 Å². The van der Waals surface area contributed by atoms with Gasteiger partial charge in [-0.3, -0.25) is 0 Å². The largest absolute Gasteiger partial charge is 0.393 e. The average Bonchev–Trinajstić information content (AvgIpc) is 2.25. The number of hydrogen-bond acceptors (Lipinski definition) is 1. The lowest BCUT2D eigenvalue weighted by Gasteiger charge is -2.09. The van der Waals surface area contributed by atoms with E-state index in [0.29, 0.717) is 0 Å². The molecule has 0 bridgehead atoms. The molecule has 0 saturated heterocycles. The van der Waals surface area contributed by atoms with Gasteiger partial charge in [-0.25, -0.2) is 0 Å². The summed E-state index contributed by atoms with van der Waals surface area (Å²) in [6, 6.07) is 10.4. The number of aliphatic hydroxyl groups excluding tert-OH is 1. The van der Waals surface area contributed by atoms with Gasteiger partial charge in [0.05, 0.1) is 6.10 Å². The number of hydrogen-bond donors (Lipinski definition) is 1. The van der Waals surface area contributed by atoms with Gasteiger partial charge < -0.3 is 5.11 Å². The molecule has 1 aromatic carbocycles. The Morgan fingerprint density at radius 2 is 1.86 bits per heavy atom. The van der Waals surface area contributed by atoms with Gasteiger partial charge in [0.2, 0.25) is 0 Å². The van der Waals surface area contributed by atoms with Crippen molar-refractivity contribution in [3.8, 4) is 0 Å². The van der Waals surface area contributed by atoms with E-state index < -0.39 is 0 Å². The molecule has 0 heterocycles. The van der Waals surface area contributed by atoms with E-state index >= 15 is 0 Å². The molecule has 1 unspecified atom stereocenters. The molecular weight excluding hydrogens is 174 g/mol. The summed E-state index contributed by atoms with van der Waals surface area (Å²) in [5, 5.41) is 9.64. The van der Waals surface area contributed by atoms with Crippen molar-refractivity contribution in [2.24, 2.45) is 0 Å². The minimum Gasteiger partial charge on any atom is -0.393 e. The lowest BCUT2D eigenvalue weighted by molar-refractivity contribution is 0.152. The molecule has 0 fully saturated rings. The number of rotatable bonds is 6. The molecule has 1 nitrogen and oxygen atoms in total. The van der Waals surface area contributed by atoms with Crippen molar-refractivity contribution in [1.29, 1.82) is 0 Å². The standard InChI is InChI=1S/C13H20O/c1-2-3-9-13(14)11-10-12-7-5-4-6-8-12/h4-8,13-14H,2-3,9-11H2,1H3/i14+2. The fourth-order valence-electron chi connectivity index (χ4n) is 1.56. The van der Waals surface area contributed by atoms with Crippen LogP contribution in [-0.4, -0.2) is 11.2 Å². The van der Waals surface area contributed by atoms with Gasteiger partial charge in [-0.1, -0.05) is 50.1 Å². The zero-order valence-electron chi connectivity index (χ0n) is 8.95. The number of unbranched alkanes of at least 4 members (excludes halogenated alkanes) is 1. The second-order valence-electron chi connectivity index (χ2n) is 3.82. The first-order valence-corrected chi connectivity index (χ1v) is 5.55. The van der Waals surface area contributed by atoms with E-state index in [2.05, 4.69) is 19.1 Å². The van der Waals surface area contributed by atoms with Crippen LogP contribution in [0.15, 0.2) is 30.3 Å². The van der Waals surface area contributed by atoms with Crippen LogP contribution < -0.4 is 0 Å². The molecule has 0 aromatic heterocycles. The Bertz CT molecular complexity index is 230. The molecule has 14 heavy (non-hydrogen) atoms. The smallest absolute Gasteiger partial charge is 0.0543 e. The highest BCUT2D eigenvalue weighted by Gasteiger charge is 2.03. The van der Waals surface area contributed by atoms with Crippen molar-refractivity contribution < 1.29 is 5.11 Å². The second-order valence-corrected chi connectivity index (χ2v) is 3.82. The molecule has 1 N–H and O–H groups in total. The molecular formula is C13H20O. The predicted molar refractivity (Wildman–Crippen MR) is 60.3 cm³/mol. The molecule has 0 radical (unpaired) electrons. The quantitative estimate of drug-likeness (QED) is 0.690. The third-order valence-corrected chi connectivity index (χ3v) is 2.50. The van der Waals surface area contributed by atoms with Crippen molar-refractivity contribution in [2.75, 3.05) is 0 Å². The van der Waals surface area contributed by atoms with Gasteiger partial charge in [0, 0.05) is 0 Å². The predicted octanol–water partition coefficient (Wildman–Crippen LogP) is 3.17. The highest BCUT2D eigenvalue weighted by Crippen LogP contribution is 2.09. The average molecular weight is 194 g/mol. The minimum atomic E-state index is -0.116. The van der Waals surface area contributed by atoms with E-state index in [1.54, 1.807) is 0 Å².